The van der Waals surface area contributed by atoms with Gasteiger partial charge < -0.3 is 0 Å². The van der Waals surface area contributed by atoms with Crippen molar-refractivity contribution in [1.29, 1.82) is 0 Å². The Bertz CT molecular complexity index is 1070. The Morgan fingerprint density at radius 1 is 0.793 bits per heavy atom. The number of rotatable bonds is 5. The molecule has 0 radical (unpaired) electrons. The van der Waals surface area contributed by atoms with Crippen LogP contribution in [-0.2, 0) is 6.42 Å². The van der Waals surface area contributed by atoms with Crippen LogP contribution in [0.25, 0.3) is 0 Å². The molecular weight excluding hydrogens is 366 g/mol. The van der Waals surface area contributed by atoms with Crippen molar-refractivity contribution in [3.05, 3.63) is 117 Å². The molecule has 29 heavy (non-hydrogen) atoms. The summed E-state index contributed by atoms with van der Waals surface area (Å²) in [5.41, 5.74) is 0.00457. The number of hydrogen-bond acceptors (Lipinski definition) is 4. The van der Waals surface area contributed by atoms with E-state index < -0.39 is 27.9 Å². The fraction of sp³-hybridized carbons (Fsp3) is 0.167. The average Bonchev–Trinajstić information content (AvgIpc) is 2.98. The Kier molecular flexibility index (Phi) is 4.59. The minimum Gasteiger partial charge on any atom is -0.285 e. The van der Waals surface area contributed by atoms with Crippen LogP contribution < -0.4 is 0 Å². The van der Waals surface area contributed by atoms with Crippen LogP contribution in [0.15, 0.2) is 78.9 Å². The van der Waals surface area contributed by atoms with Crippen molar-refractivity contribution >= 4 is 11.6 Å². The number of nitro groups is 1. The minimum absolute atomic E-state index is 0.111. The van der Waals surface area contributed by atoms with Crippen LogP contribution in [-0.4, -0.2) is 22.0 Å². The van der Waals surface area contributed by atoms with Gasteiger partial charge in [-0.2, -0.15) is 0 Å². The monoisotopic (exact) mass is 385 g/mol. The molecule has 0 bridgehead atoms. The van der Waals surface area contributed by atoms with Gasteiger partial charge in [-0.3, -0.25) is 19.7 Å². The number of benzene rings is 3. The molecule has 4 rings (SSSR count). The standard InChI is InChI=1S/C24H19NO4/c1-2-16-12-14-18(15-13-16)21(17-8-4-3-5-9-17)24(25(28)29)22(26)19-10-6-7-11-20(19)23(24)27/h3-15,21H,2H2,1H3. The summed E-state index contributed by atoms with van der Waals surface area (Å²) in [5, 5.41) is 12.5. The zero-order valence-corrected chi connectivity index (χ0v) is 15.9. The van der Waals surface area contributed by atoms with Crippen molar-refractivity contribution < 1.29 is 14.5 Å². The Morgan fingerprint density at radius 3 is 1.76 bits per heavy atom. The number of hydrogen-bond donors (Lipinski definition) is 0. The van der Waals surface area contributed by atoms with Crippen molar-refractivity contribution in [2.45, 2.75) is 24.8 Å². The summed E-state index contributed by atoms with van der Waals surface area (Å²) < 4.78 is 0. The van der Waals surface area contributed by atoms with E-state index in [-0.39, 0.29) is 11.1 Å². The zero-order chi connectivity index (χ0) is 20.6. The molecule has 0 fully saturated rings. The lowest BCUT2D eigenvalue weighted by Crippen LogP contribution is -2.54. The first kappa shape index (κ1) is 18.7. The summed E-state index contributed by atoms with van der Waals surface area (Å²) in [4.78, 5) is 38.6. The van der Waals surface area contributed by atoms with Gasteiger partial charge in [0.25, 0.3) is 0 Å². The molecule has 5 nitrogen and oxygen atoms in total. The molecule has 0 N–H and O–H groups in total. The maximum Gasteiger partial charge on any atom is 0.355 e. The number of fused-ring (bicyclic) bond motifs is 1. The van der Waals surface area contributed by atoms with Crippen molar-refractivity contribution in [3.8, 4) is 0 Å². The average molecular weight is 385 g/mol. The van der Waals surface area contributed by atoms with Gasteiger partial charge in [0.2, 0.25) is 11.6 Å². The Labute approximate surface area is 168 Å². The number of carbonyl (C=O) groups is 2. The summed E-state index contributed by atoms with van der Waals surface area (Å²) in [6, 6.07) is 22.3. The molecule has 1 aliphatic carbocycles. The van der Waals surface area contributed by atoms with E-state index in [4.69, 9.17) is 0 Å². The van der Waals surface area contributed by atoms with Crippen molar-refractivity contribution in [3.63, 3.8) is 0 Å². The number of carbonyl (C=O) groups excluding carboxylic acids is 2. The first-order valence-corrected chi connectivity index (χ1v) is 9.48. The largest absolute Gasteiger partial charge is 0.355 e. The molecule has 0 aliphatic heterocycles. The molecule has 0 saturated carbocycles. The van der Waals surface area contributed by atoms with E-state index in [0.717, 1.165) is 12.0 Å². The first-order valence-electron chi connectivity index (χ1n) is 9.48. The second-order valence-electron chi connectivity index (χ2n) is 7.17. The maximum absolute atomic E-state index is 13.4. The lowest BCUT2D eigenvalue weighted by molar-refractivity contribution is -0.532. The van der Waals surface area contributed by atoms with Gasteiger partial charge in [0.05, 0.1) is 5.92 Å². The molecule has 1 unspecified atom stereocenters. The minimum atomic E-state index is -2.42. The SMILES string of the molecule is CCc1ccc(C(c2ccccc2)C2([N+](=O)[O-])C(=O)c3ccccc3C2=O)cc1. The van der Waals surface area contributed by atoms with Gasteiger partial charge in [0.1, 0.15) is 0 Å². The lowest BCUT2D eigenvalue weighted by atomic mass is 9.72. The molecule has 3 aromatic rings. The summed E-state index contributed by atoms with van der Waals surface area (Å²) >= 11 is 0. The van der Waals surface area contributed by atoms with E-state index in [1.54, 1.807) is 54.6 Å². The molecule has 5 heteroatoms. The van der Waals surface area contributed by atoms with Gasteiger partial charge in [-0.15, -0.1) is 0 Å². The number of nitrogens with zero attached hydrogens (tertiary/aromatic N) is 1. The maximum atomic E-state index is 13.4. The number of ketones is 2. The third-order valence-corrected chi connectivity index (χ3v) is 5.67. The second-order valence-corrected chi connectivity index (χ2v) is 7.17. The Hall–Kier alpha value is -3.60. The summed E-state index contributed by atoms with van der Waals surface area (Å²) in [6.45, 7) is 2.02. The van der Waals surface area contributed by atoms with Gasteiger partial charge in [0.15, 0.2) is 0 Å². The van der Waals surface area contributed by atoms with E-state index >= 15 is 0 Å². The number of aryl methyl sites for hydroxylation is 1. The zero-order valence-electron chi connectivity index (χ0n) is 15.9. The number of Topliss-reactive ketones (excluding diaryl/α,β-unsaturated/α-hetero) is 2. The normalized spacial score (nSPS) is 15.8. The summed E-state index contributed by atoms with van der Waals surface area (Å²) in [5.74, 6) is -2.54. The van der Waals surface area contributed by atoms with E-state index in [0.29, 0.717) is 11.1 Å². The van der Waals surface area contributed by atoms with Crippen LogP contribution in [0, 0.1) is 10.1 Å². The van der Waals surface area contributed by atoms with E-state index in [9.17, 15) is 19.7 Å². The van der Waals surface area contributed by atoms with Crippen molar-refractivity contribution in [2.24, 2.45) is 0 Å². The third kappa shape index (κ3) is 2.70. The highest BCUT2D eigenvalue weighted by Gasteiger charge is 2.68. The van der Waals surface area contributed by atoms with Gasteiger partial charge >= 0.3 is 5.54 Å². The van der Waals surface area contributed by atoms with Crippen LogP contribution in [0.5, 0.6) is 0 Å². The van der Waals surface area contributed by atoms with Crippen molar-refractivity contribution in [2.75, 3.05) is 0 Å². The molecule has 0 spiro atoms. The second kappa shape index (κ2) is 7.09. The highest BCUT2D eigenvalue weighted by molar-refractivity contribution is 6.32. The molecule has 144 valence electrons. The molecule has 3 aromatic carbocycles. The molecule has 0 aromatic heterocycles. The fourth-order valence-corrected chi connectivity index (χ4v) is 4.19. The van der Waals surface area contributed by atoms with E-state index in [1.807, 2.05) is 19.1 Å². The molecular formula is C24H19NO4. The van der Waals surface area contributed by atoms with Crippen LogP contribution in [0.1, 0.15) is 50.2 Å². The topological polar surface area (TPSA) is 77.3 Å². The third-order valence-electron chi connectivity index (χ3n) is 5.67. The quantitative estimate of drug-likeness (QED) is 0.369. The van der Waals surface area contributed by atoms with Gasteiger partial charge in [-0.25, -0.2) is 0 Å². The summed E-state index contributed by atoms with van der Waals surface area (Å²) in [6.07, 6.45) is 0.819. The van der Waals surface area contributed by atoms with Crippen LogP contribution in [0.3, 0.4) is 0 Å². The summed E-state index contributed by atoms with van der Waals surface area (Å²) in [7, 11) is 0. The Balaban J connectivity index is 2.01. The van der Waals surface area contributed by atoms with Crippen LogP contribution in [0.2, 0.25) is 0 Å². The highest BCUT2D eigenvalue weighted by Crippen LogP contribution is 2.45. The smallest absolute Gasteiger partial charge is 0.285 e. The fourth-order valence-electron chi connectivity index (χ4n) is 4.19. The highest BCUT2D eigenvalue weighted by atomic mass is 16.6. The van der Waals surface area contributed by atoms with Gasteiger partial charge in [-0.1, -0.05) is 85.8 Å². The van der Waals surface area contributed by atoms with Gasteiger partial charge in [0, 0.05) is 16.1 Å². The molecule has 0 amide bonds. The van der Waals surface area contributed by atoms with E-state index in [1.165, 1.54) is 12.1 Å². The first-order chi connectivity index (χ1) is 14.0. The lowest BCUT2D eigenvalue weighted by Gasteiger charge is -2.28. The predicted molar refractivity (Wildman–Crippen MR) is 109 cm³/mol. The predicted octanol–water partition coefficient (Wildman–Crippen LogP) is 4.48. The van der Waals surface area contributed by atoms with Gasteiger partial charge in [-0.05, 0) is 23.1 Å². The molecule has 0 saturated heterocycles. The van der Waals surface area contributed by atoms with Crippen LogP contribution in [0.4, 0.5) is 0 Å². The molecule has 1 atom stereocenters. The van der Waals surface area contributed by atoms with Crippen molar-refractivity contribution in [1.82, 2.24) is 0 Å². The molecule has 0 heterocycles. The molecule has 1 aliphatic rings. The Morgan fingerprint density at radius 2 is 1.28 bits per heavy atom. The van der Waals surface area contributed by atoms with Crippen LogP contribution >= 0.6 is 0 Å². The van der Waals surface area contributed by atoms with E-state index in [2.05, 4.69) is 0 Å².